The quantitative estimate of drug-likeness (QED) is 0.370. The number of thiazole rings is 1. The highest BCUT2D eigenvalue weighted by Crippen LogP contribution is 2.25. The standard InChI is InChI=1S/C18H20N4O7S2/c23-15(20-18-19-11-16(30-18)22(25)26)12-29-17(24)13-6-5-7-14(10-13)31(27,28)21-8-3-1-2-4-9-21/h5-7,10-11H,1-4,8-9,12H2,(H,19,20,23). The minimum absolute atomic E-state index is 0.00158. The first-order chi connectivity index (χ1) is 14.8. The van der Waals surface area contributed by atoms with E-state index in [0.29, 0.717) is 24.4 Å². The van der Waals surface area contributed by atoms with Crippen LogP contribution in [0.3, 0.4) is 0 Å². The number of carbonyl (C=O) groups is 2. The van der Waals surface area contributed by atoms with Gasteiger partial charge in [-0.15, -0.1) is 0 Å². The van der Waals surface area contributed by atoms with Gasteiger partial charge in [-0.3, -0.25) is 20.2 Å². The van der Waals surface area contributed by atoms with Crippen LogP contribution >= 0.6 is 11.3 Å². The summed E-state index contributed by atoms with van der Waals surface area (Å²) in [6, 6.07) is 5.48. The lowest BCUT2D eigenvalue weighted by atomic mass is 10.2. The molecule has 13 heteroatoms. The average molecular weight is 469 g/mol. The van der Waals surface area contributed by atoms with Gasteiger partial charge in [0.25, 0.3) is 5.91 Å². The Hall–Kier alpha value is -2.90. The third-order valence-electron chi connectivity index (χ3n) is 4.53. The maximum atomic E-state index is 12.9. The van der Waals surface area contributed by atoms with Gasteiger partial charge >= 0.3 is 11.0 Å². The minimum Gasteiger partial charge on any atom is -0.452 e. The van der Waals surface area contributed by atoms with E-state index in [-0.39, 0.29) is 20.6 Å². The van der Waals surface area contributed by atoms with Gasteiger partial charge in [-0.25, -0.2) is 18.2 Å². The second-order valence-corrected chi connectivity index (χ2v) is 9.68. The lowest BCUT2D eigenvalue weighted by Crippen LogP contribution is -2.32. The van der Waals surface area contributed by atoms with Crippen LogP contribution in [0.25, 0.3) is 0 Å². The predicted molar refractivity (Wildman–Crippen MR) is 111 cm³/mol. The Labute approximate surface area is 182 Å². The summed E-state index contributed by atoms with van der Waals surface area (Å²) in [5.41, 5.74) is -0.00594. The number of amides is 1. The number of sulfonamides is 1. The predicted octanol–water partition coefficient (Wildman–Crippen LogP) is 2.41. The maximum Gasteiger partial charge on any atom is 0.345 e. The molecular formula is C18H20N4O7S2. The topological polar surface area (TPSA) is 149 Å². The van der Waals surface area contributed by atoms with E-state index in [2.05, 4.69) is 10.3 Å². The van der Waals surface area contributed by atoms with Gasteiger partial charge in [0.05, 0.1) is 15.4 Å². The molecule has 0 bridgehead atoms. The number of carbonyl (C=O) groups excluding carboxylic acids is 2. The number of nitrogens with one attached hydrogen (secondary N) is 1. The van der Waals surface area contributed by atoms with E-state index in [4.69, 9.17) is 4.74 Å². The van der Waals surface area contributed by atoms with Gasteiger partial charge in [0, 0.05) is 13.1 Å². The average Bonchev–Trinajstić information content (AvgIpc) is 3.04. The Morgan fingerprint density at radius 1 is 1.23 bits per heavy atom. The van der Waals surface area contributed by atoms with E-state index in [1.54, 1.807) is 0 Å². The molecule has 2 aromatic rings. The SMILES string of the molecule is O=C(COC(=O)c1cccc(S(=O)(=O)N2CCCCCC2)c1)Nc1ncc([N+](=O)[O-])s1. The number of aromatic nitrogens is 1. The van der Waals surface area contributed by atoms with Crippen molar-refractivity contribution in [3.05, 3.63) is 46.1 Å². The molecule has 1 aromatic carbocycles. The molecule has 11 nitrogen and oxygen atoms in total. The van der Waals surface area contributed by atoms with Crippen molar-refractivity contribution in [1.82, 2.24) is 9.29 Å². The number of rotatable bonds is 7. The van der Waals surface area contributed by atoms with E-state index in [9.17, 15) is 28.1 Å². The van der Waals surface area contributed by atoms with Crippen LogP contribution in [-0.4, -0.2) is 54.2 Å². The number of anilines is 1. The molecule has 1 aliphatic heterocycles. The molecule has 3 rings (SSSR count). The van der Waals surface area contributed by atoms with Gasteiger partial charge in [0.2, 0.25) is 10.0 Å². The van der Waals surface area contributed by atoms with E-state index in [0.717, 1.165) is 31.9 Å². The molecule has 0 saturated carbocycles. The molecule has 1 fully saturated rings. The Morgan fingerprint density at radius 2 is 1.94 bits per heavy atom. The Balaban J connectivity index is 1.61. The smallest absolute Gasteiger partial charge is 0.345 e. The van der Waals surface area contributed by atoms with Crippen molar-refractivity contribution in [2.45, 2.75) is 30.6 Å². The van der Waals surface area contributed by atoms with E-state index in [1.807, 2.05) is 0 Å². The molecule has 166 valence electrons. The van der Waals surface area contributed by atoms with Crippen LogP contribution in [0.2, 0.25) is 0 Å². The molecule has 2 heterocycles. The molecule has 0 aliphatic carbocycles. The van der Waals surface area contributed by atoms with Gasteiger partial charge in [0.1, 0.15) is 6.20 Å². The Morgan fingerprint density at radius 3 is 2.58 bits per heavy atom. The van der Waals surface area contributed by atoms with Crippen molar-refractivity contribution < 1.29 is 27.7 Å². The molecular weight excluding hydrogens is 448 g/mol. The fraction of sp³-hybridized carbons (Fsp3) is 0.389. The summed E-state index contributed by atoms with van der Waals surface area (Å²) in [4.78, 5) is 37.9. The van der Waals surface area contributed by atoms with Gasteiger partial charge in [-0.2, -0.15) is 4.31 Å². The largest absolute Gasteiger partial charge is 0.452 e. The molecule has 1 aliphatic rings. The lowest BCUT2D eigenvalue weighted by Gasteiger charge is -2.20. The first-order valence-electron chi connectivity index (χ1n) is 9.45. The fourth-order valence-corrected chi connectivity index (χ4v) is 5.20. The molecule has 1 amide bonds. The third kappa shape index (κ3) is 5.83. The second-order valence-electron chi connectivity index (χ2n) is 6.73. The summed E-state index contributed by atoms with van der Waals surface area (Å²) in [5, 5.41) is 12.7. The molecule has 31 heavy (non-hydrogen) atoms. The van der Waals surface area contributed by atoms with Crippen LogP contribution < -0.4 is 5.32 Å². The van der Waals surface area contributed by atoms with Crippen LogP contribution in [0.5, 0.6) is 0 Å². The van der Waals surface area contributed by atoms with Crippen LogP contribution in [0.4, 0.5) is 10.1 Å². The number of hydrogen-bond donors (Lipinski definition) is 1. The summed E-state index contributed by atoms with van der Waals surface area (Å²) in [7, 11) is -3.73. The number of esters is 1. The van der Waals surface area contributed by atoms with Crippen LogP contribution in [0, 0.1) is 10.1 Å². The van der Waals surface area contributed by atoms with Crippen molar-refractivity contribution in [3.63, 3.8) is 0 Å². The highest BCUT2D eigenvalue weighted by molar-refractivity contribution is 7.89. The van der Waals surface area contributed by atoms with Gasteiger partial charge in [0.15, 0.2) is 11.7 Å². The number of benzene rings is 1. The van der Waals surface area contributed by atoms with Gasteiger partial charge in [-0.1, -0.05) is 18.9 Å². The van der Waals surface area contributed by atoms with Crippen molar-refractivity contribution in [2.75, 3.05) is 25.0 Å². The first kappa shape index (κ1) is 22.8. The summed E-state index contributed by atoms with van der Waals surface area (Å²) < 4.78 is 32.1. The fourth-order valence-electron chi connectivity index (χ4n) is 2.99. The summed E-state index contributed by atoms with van der Waals surface area (Å²) >= 11 is 0.666. The molecule has 0 unspecified atom stereocenters. The van der Waals surface area contributed by atoms with Gasteiger partial charge < -0.3 is 4.74 Å². The molecule has 1 N–H and O–H groups in total. The van der Waals surface area contributed by atoms with Crippen LogP contribution in [-0.2, 0) is 19.6 Å². The molecule has 0 radical (unpaired) electrons. The van der Waals surface area contributed by atoms with E-state index in [1.165, 1.54) is 28.6 Å². The monoisotopic (exact) mass is 468 g/mol. The highest BCUT2D eigenvalue weighted by atomic mass is 32.2. The number of nitrogens with zero attached hydrogens (tertiary/aromatic N) is 3. The molecule has 0 spiro atoms. The van der Waals surface area contributed by atoms with Crippen molar-refractivity contribution in [2.24, 2.45) is 0 Å². The first-order valence-corrected chi connectivity index (χ1v) is 11.7. The number of nitro groups is 1. The zero-order valence-corrected chi connectivity index (χ0v) is 18.0. The number of ether oxygens (including phenoxy) is 1. The van der Waals surface area contributed by atoms with Crippen LogP contribution in [0.15, 0.2) is 35.4 Å². The minimum atomic E-state index is -3.73. The van der Waals surface area contributed by atoms with Crippen LogP contribution in [0.1, 0.15) is 36.0 Å². The highest BCUT2D eigenvalue weighted by Gasteiger charge is 2.26. The van der Waals surface area contributed by atoms with Gasteiger partial charge in [-0.05, 0) is 42.4 Å². The van der Waals surface area contributed by atoms with Crippen molar-refractivity contribution in [1.29, 1.82) is 0 Å². The summed E-state index contributed by atoms with van der Waals surface area (Å²) in [6.07, 6.45) is 4.54. The van der Waals surface area contributed by atoms with Crippen molar-refractivity contribution >= 4 is 43.4 Å². The normalized spacial score (nSPS) is 15.1. The summed E-state index contributed by atoms with van der Waals surface area (Å²) in [5.74, 6) is -1.60. The number of hydrogen-bond acceptors (Lipinski definition) is 9. The van der Waals surface area contributed by atoms with Crippen molar-refractivity contribution in [3.8, 4) is 0 Å². The Kier molecular flexibility index (Phi) is 7.30. The zero-order valence-electron chi connectivity index (χ0n) is 16.4. The zero-order chi connectivity index (χ0) is 22.4. The molecule has 1 aromatic heterocycles. The van der Waals surface area contributed by atoms with E-state index < -0.39 is 33.4 Å². The van der Waals surface area contributed by atoms with E-state index >= 15 is 0 Å². The Bertz CT molecular complexity index is 1080. The maximum absolute atomic E-state index is 12.9. The molecule has 0 atom stereocenters. The summed E-state index contributed by atoms with van der Waals surface area (Å²) in [6.45, 7) is 0.216. The third-order valence-corrected chi connectivity index (χ3v) is 7.29. The molecule has 1 saturated heterocycles. The lowest BCUT2D eigenvalue weighted by molar-refractivity contribution is -0.380. The second kappa shape index (κ2) is 9.94.